The summed E-state index contributed by atoms with van der Waals surface area (Å²) in [6.07, 6.45) is 0. The first-order chi connectivity index (χ1) is 12.9. The number of methoxy groups -OCH3 is 2. The molecule has 0 bridgehead atoms. The molecule has 0 aliphatic carbocycles. The molecule has 3 N–H and O–H groups in total. The molecule has 2 aromatic carbocycles. The van der Waals surface area contributed by atoms with Crippen LogP contribution in [0.5, 0.6) is 11.5 Å². The Bertz CT molecular complexity index is 801. The normalized spacial score (nSPS) is 11.1. The second-order valence-corrected chi connectivity index (χ2v) is 5.61. The Hall–Kier alpha value is -3.55. The van der Waals surface area contributed by atoms with Crippen molar-refractivity contribution in [2.45, 2.75) is 13.0 Å². The Labute approximate surface area is 156 Å². The fraction of sp³-hybridized carbons (Fsp3) is 0.211. The van der Waals surface area contributed by atoms with E-state index in [9.17, 15) is 14.4 Å². The van der Waals surface area contributed by atoms with Crippen LogP contribution in [-0.4, -0.2) is 38.0 Å². The third-order valence-corrected chi connectivity index (χ3v) is 3.69. The van der Waals surface area contributed by atoms with E-state index >= 15 is 0 Å². The molecule has 0 aliphatic rings. The molecule has 0 spiro atoms. The molecule has 2 aromatic rings. The number of hydrogen-bond acceptors (Lipinski definition) is 5. The van der Waals surface area contributed by atoms with E-state index in [-0.39, 0.29) is 11.5 Å². The summed E-state index contributed by atoms with van der Waals surface area (Å²) < 4.78 is 10.2. The maximum Gasteiger partial charge on any atom is 0.269 e. The lowest BCUT2D eigenvalue weighted by Crippen LogP contribution is -2.51. The molecule has 27 heavy (non-hydrogen) atoms. The number of amides is 3. The summed E-state index contributed by atoms with van der Waals surface area (Å²) >= 11 is 0. The summed E-state index contributed by atoms with van der Waals surface area (Å²) in [6.45, 7) is 1.51. The smallest absolute Gasteiger partial charge is 0.269 e. The molecule has 0 heterocycles. The van der Waals surface area contributed by atoms with Crippen LogP contribution in [0.2, 0.25) is 0 Å². The quantitative estimate of drug-likeness (QED) is 0.664. The van der Waals surface area contributed by atoms with Crippen molar-refractivity contribution in [2.75, 3.05) is 14.2 Å². The fourth-order valence-electron chi connectivity index (χ4n) is 2.17. The van der Waals surface area contributed by atoms with Gasteiger partial charge in [-0.2, -0.15) is 0 Å². The fourth-order valence-corrected chi connectivity index (χ4v) is 2.17. The van der Waals surface area contributed by atoms with Gasteiger partial charge in [0.05, 0.1) is 14.2 Å². The number of rotatable bonds is 6. The summed E-state index contributed by atoms with van der Waals surface area (Å²) in [5.74, 6) is -0.629. The van der Waals surface area contributed by atoms with Crippen molar-refractivity contribution in [1.29, 1.82) is 0 Å². The standard InChI is InChI=1S/C19H21N3O5/c1-12(20-18(24)13-7-5-4-6-8-13)17(23)21-22-19(25)14-9-15(26-2)11-16(10-14)27-3/h4-12H,1-3H3,(H,20,24)(H,21,23)(H,22,25). The van der Waals surface area contributed by atoms with Crippen molar-refractivity contribution in [3.05, 3.63) is 59.7 Å². The maximum atomic E-state index is 12.2. The molecule has 0 saturated carbocycles. The van der Waals surface area contributed by atoms with Crippen molar-refractivity contribution >= 4 is 17.7 Å². The molecule has 8 nitrogen and oxygen atoms in total. The molecule has 142 valence electrons. The number of hydrazine groups is 1. The van der Waals surface area contributed by atoms with Crippen LogP contribution in [0.25, 0.3) is 0 Å². The van der Waals surface area contributed by atoms with Crippen molar-refractivity contribution in [2.24, 2.45) is 0 Å². The van der Waals surface area contributed by atoms with Crippen LogP contribution in [0.4, 0.5) is 0 Å². The molecule has 0 aliphatic heterocycles. The molecule has 0 aromatic heterocycles. The van der Waals surface area contributed by atoms with E-state index < -0.39 is 17.9 Å². The number of carbonyl (C=O) groups is 3. The zero-order chi connectivity index (χ0) is 19.8. The van der Waals surface area contributed by atoms with Gasteiger partial charge in [-0.1, -0.05) is 18.2 Å². The lowest BCUT2D eigenvalue weighted by Gasteiger charge is -2.15. The summed E-state index contributed by atoms with van der Waals surface area (Å²) in [7, 11) is 2.94. The first kappa shape index (κ1) is 19.8. The molecule has 0 radical (unpaired) electrons. The van der Waals surface area contributed by atoms with Crippen molar-refractivity contribution in [3.8, 4) is 11.5 Å². The van der Waals surface area contributed by atoms with Gasteiger partial charge in [0.1, 0.15) is 17.5 Å². The van der Waals surface area contributed by atoms with Gasteiger partial charge in [-0.05, 0) is 31.2 Å². The topological polar surface area (TPSA) is 106 Å². The number of hydrogen-bond donors (Lipinski definition) is 3. The van der Waals surface area contributed by atoms with E-state index in [1.165, 1.54) is 33.3 Å². The van der Waals surface area contributed by atoms with E-state index in [0.717, 1.165) is 0 Å². The number of ether oxygens (including phenoxy) is 2. The minimum absolute atomic E-state index is 0.243. The Morgan fingerprint density at radius 1 is 0.815 bits per heavy atom. The summed E-state index contributed by atoms with van der Waals surface area (Å²) in [6, 6.07) is 12.3. The molecule has 3 amide bonds. The number of carbonyl (C=O) groups excluding carboxylic acids is 3. The average molecular weight is 371 g/mol. The zero-order valence-electron chi connectivity index (χ0n) is 15.2. The van der Waals surface area contributed by atoms with Gasteiger partial charge in [0.15, 0.2) is 0 Å². The predicted molar refractivity (Wildman–Crippen MR) is 98.5 cm³/mol. The van der Waals surface area contributed by atoms with Gasteiger partial charge in [-0.3, -0.25) is 25.2 Å². The van der Waals surface area contributed by atoms with Crippen LogP contribution in [0, 0.1) is 0 Å². The molecular formula is C19H21N3O5. The van der Waals surface area contributed by atoms with Gasteiger partial charge in [-0.25, -0.2) is 0 Å². The Morgan fingerprint density at radius 3 is 1.96 bits per heavy atom. The lowest BCUT2D eigenvalue weighted by molar-refractivity contribution is -0.123. The maximum absolute atomic E-state index is 12.2. The van der Waals surface area contributed by atoms with Crippen LogP contribution in [0.1, 0.15) is 27.6 Å². The first-order valence-corrected chi connectivity index (χ1v) is 8.13. The van der Waals surface area contributed by atoms with Crippen LogP contribution in [-0.2, 0) is 4.79 Å². The lowest BCUT2D eigenvalue weighted by atomic mass is 10.2. The van der Waals surface area contributed by atoms with Crippen molar-refractivity contribution < 1.29 is 23.9 Å². The molecule has 0 fully saturated rings. The van der Waals surface area contributed by atoms with Crippen LogP contribution >= 0.6 is 0 Å². The zero-order valence-corrected chi connectivity index (χ0v) is 15.2. The van der Waals surface area contributed by atoms with E-state index in [4.69, 9.17) is 9.47 Å². The number of benzene rings is 2. The van der Waals surface area contributed by atoms with Crippen molar-refractivity contribution in [1.82, 2.24) is 16.2 Å². The van der Waals surface area contributed by atoms with Crippen molar-refractivity contribution in [3.63, 3.8) is 0 Å². The largest absolute Gasteiger partial charge is 0.497 e. The van der Waals surface area contributed by atoms with Crippen LogP contribution in [0.15, 0.2) is 48.5 Å². The SMILES string of the molecule is COc1cc(OC)cc(C(=O)NNC(=O)C(C)NC(=O)c2ccccc2)c1. The van der Waals surface area contributed by atoms with Crippen LogP contribution in [0.3, 0.4) is 0 Å². The highest BCUT2D eigenvalue weighted by atomic mass is 16.5. The molecule has 1 atom stereocenters. The van der Waals surface area contributed by atoms with E-state index in [0.29, 0.717) is 17.1 Å². The summed E-state index contributed by atoms with van der Waals surface area (Å²) in [5.41, 5.74) is 5.25. The van der Waals surface area contributed by atoms with E-state index in [2.05, 4.69) is 16.2 Å². The highest BCUT2D eigenvalue weighted by Crippen LogP contribution is 2.22. The highest BCUT2D eigenvalue weighted by Gasteiger charge is 2.18. The van der Waals surface area contributed by atoms with Gasteiger partial charge in [0.25, 0.3) is 17.7 Å². The second kappa shape index (κ2) is 9.23. The van der Waals surface area contributed by atoms with E-state index in [1.807, 2.05) is 0 Å². The third kappa shape index (κ3) is 5.46. The predicted octanol–water partition coefficient (Wildman–Crippen LogP) is 1.28. The molecule has 2 rings (SSSR count). The minimum Gasteiger partial charge on any atom is -0.497 e. The molecule has 8 heteroatoms. The van der Waals surface area contributed by atoms with E-state index in [1.54, 1.807) is 36.4 Å². The van der Waals surface area contributed by atoms with Gasteiger partial charge >= 0.3 is 0 Å². The molecular weight excluding hydrogens is 350 g/mol. The Morgan fingerprint density at radius 2 is 1.41 bits per heavy atom. The third-order valence-electron chi connectivity index (χ3n) is 3.69. The minimum atomic E-state index is -0.849. The molecule has 1 unspecified atom stereocenters. The van der Waals surface area contributed by atoms with Gasteiger partial charge < -0.3 is 14.8 Å². The van der Waals surface area contributed by atoms with Crippen LogP contribution < -0.4 is 25.6 Å². The summed E-state index contributed by atoms with van der Waals surface area (Å²) in [4.78, 5) is 36.4. The number of nitrogens with one attached hydrogen (secondary N) is 3. The average Bonchev–Trinajstić information content (AvgIpc) is 2.71. The Kier molecular flexibility index (Phi) is 6.76. The second-order valence-electron chi connectivity index (χ2n) is 5.61. The van der Waals surface area contributed by atoms with Gasteiger partial charge in [0, 0.05) is 17.2 Å². The monoisotopic (exact) mass is 371 g/mol. The Balaban J connectivity index is 1.92. The first-order valence-electron chi connectivity index (χ1n) is 8.13. The van der Waals surface area contributed by atoms with Gasteiger partial charge in [0.2, 0.25) is 0 Å². The highest BCUT2D eigenvalue weighted by molar-refractivity contribution is 5.99. The summed E-state index contributed by atoms with van der Waals surface area (Å²) in [5, 5.41) is 2.55. The molecule has 0 saturated heterocycles. The van der Waals surface area contributed by atoms with Gasteiger partial charge in [-0.15, -0.1) is 0 Å².